The maximum absolute atomic E-state index is 14.8. The van der Waals surface area contributed by atoms with Crippen molar-refractivity contribution in [3.63, 3.8) is 0 Å². The maximum Gasteiger partial charge on any atom is 0.134 e. The summed E-state index contributed by atoms with van der Waals surface area (Å²) in [6.45, 7) is 8.11. The van der Waals surface area contributed by atoms with Gasteiger partial charge in [0.25, 0.3) is 0 Å². The first-order chi connectivity index (χ1) is 9.48. The molecule has 106 valence electrons. The highest BCUT2D eigenvalue weighted by atomic mass is 19.1. The van der Waals surface area contributed by atoms with Gasteiger partial charge in [-0.15, -0.1) is 0 Å². The fourth-order valence-corrected chi connectivity index (χ4v) is 2.92. The van der Waals surface area contributed by atoms with Crippen molar-refractivity contribution in [2.45, 2.75) is 39.2 Å². The van der Waals surface area contributed by atoms with Crippen LogP contribution in [-0.2, 0) is 18.4 Å². The van der Waals surface area contributed by atoms with E-state index in [0.717, 1.165) is 36.2 Å². The number of halogens is 1. The molecular formula is C16H20FN3. The first-order valence-electron chi connectivity index (χ1n) is 7.03. The van der Waals surface area contributed by atoms with Crippen molar-refractivity contribution < 1.29 is 4.39 Å². The summed E-state index contributed by atoms with van der Waals surface area (Å²) in [7, 11) is 0. The molecule has 20 heavy (non-hydrogen) atoms. The van der Waals surface area contributed by atoms with Gasteiger partial charge >= 0.3 is 0 Å². The molecule has 0 amide bonds. The van der Waals surface area contributed by atoms with Crippen molar-refractivity contribution in [1.29, 1.82) is 0 Å². The third-order valence-electron chi connectivity index (χ3n) is 3.95. The molecule has 3 rings (SSSR count). The number of rotatable bonds is 1. The quantitative estimate of drug-likeness (QED) is 0.838. The number of nitrogens with one attached hydrogen (secondary N) is 2. The highest BCUT2D eigenvalue weighted by Crippen LogP contribution is 2.36. The van der Waals surface area contributed by atoms with E-state index in [2.05, 4.69) is 36.3 Å². The van der Waals surface area contributed by atoms with Gasteiger partial charge in [-0.3, -0.25) is 5.10 Å². The molecular weight excluding hydrogens is 253 g/mol. The summed E-state index contributed by atoms with van der Waals surface area (Å²) >= 11 is 0. The molecule has 0 spiro atoms. The summed E-state index contributed by atoms with van der Waals surface area (Å²) < 4.78 is 14.8. The lowest BCUT2D eigenvalue weighted by molar-refractivity contribution is 0.535. The lowest BCUT2D eigenvalue weighted by atomic mass is 9.79. The summed E-state index contributed by atoms with van der Waals surface area (Å²) in [6.07, 6.45) is 4.17. The number of hydrogen-bond donors (Lipinski definition) is 2. The van der Waals surface area contributed by atoms with Gasteiger partial charge in [0.05, 0.1) is 6.20 Å². The summed E-state index contributed by atoms with van der Waals surface area (Å²) in [5.74, 6) is -0.0871. The smallest absolute Gasteiger partial charge is 0.134 e. The zero-order valence-corrected chi connectivity index (χ0v) is 12.2. The van der Waals surface area contributed by atoms with Gasteiger partial charge in [0, 0.05) is 23.9 Å². The number of fused-ring (bicyclic) bond motifs is 1. The van der Waals surface area contributed by atoms with Crippen LogP contribution >= 0.6 is 0 Å². The SMILES string of the molecule is CC(C)(C)c1cc(-c2cn[nH]c2)c(F)c2c1CNCC2. The van der Waals surface area contributed by atoms with E-state index in [0.29, 0.717) is 5.56 Å². The molecule has 0 radical (unpaired) electrons. The zero-order chi connectivity index (χ0) is 14.3. The van der Waals surface area contributed by atoms with Crippen molar-refractivity contribution in [2.24, 2.45) is 0 Å². The molecule has 0 fully saturated rings. The van der Waals surface area contributed by atoms with Gasteiger partial charge in [0.2, 0.25) is 0 Å². The minimum Gasteiger partial charge on any atom is -0.312 e. The van der Waals surface area contributed by atoms with Crippen molar-refractivity contribution in [3.05, 3.63) is 41.0 Å². The van der Waals surface area contributed by atoms with Crippen LogP contribution < -0.4 is 5.32 Å². The molecule has 3 nitrogen and oxygen atoms in total. The van der Waals surface area contributed by atoms with E-state index >= 15 is 0 Å². The van der Waals surface area contributed by atoms with Gasteiger partial charge in [-0.25, -0.2) is 4.39 Å². The van der Waals surface area contributed by atoms with Crippen LogP contribution in [0.2, 0.25) is 0 Å². The highest BCUT2D eigenvalue weighted by Gasteiger charge is 2.26. The molecule has 1 aromatic carbocycles. The Morgan fingerprint density at radius 1 is 1.25 bits per heavy atom. The molecule has 0 bridgehead atoms. The van der Waals surface area contributed by atoms with E-state index in [1.165, 1.54) is 5.56 Å². The lowest BCUT2D eigenvalue weighted by Gasteiger charge is -2.29. The Kier molecular flexibility index (Phi) is 3.13. The normalized spacial score (nSPS) is 15.2. The number of aromatic amines is 1. The van der Waals surface area contributed by atoms with Gasteiger partial charge < -0.3 is 5.32 Å². The molecule has 0 aliphatic carbocycles. The van der Waals surface area contributed by atoms with Crippen LogP contribution in [0.3, 0.4) is 0 Å². The number of aromatic nitrogens is 2. The fourth-order valence-electron chi connectivity index (χ4n) is 2.92. The number of nitrogens with zero attached hydrogens (tertiary/aromatic N) is 1. The Labute approximate surface area is 118 Å². The second-order valence-electron chi connectivity index (χ2n) is 6.41. The average Bonchev–Trinajstić information content (AvgIpc) is 2.92. The second-order valence-corrected chi connectivity index (χ2v) is 6.41. The van der Waals surface area contributed by atoms with Crippen molar-refractivity contribution in [1.82, 2.24) is 15.5 Å². The molecule has 2 heterocycles. The van der Waals surface area contributed by atoms with Gasteiger partial charge in [0.15, 0.2) is 0 Å². The second kappa shape index (κ2) is 4.70. The van der Waals surface area contributed by atoms with Crippen molar-refractivity contribution in [3.8, 4) is 11.1 Å². The van der Waals surface area contributed by atoms with E-state index in [-0.39, 0.29) is 11.2 Å². The van der Waals surface area contributed by atoms with Crippen LogP contribution in [0.1, 0.15) is 37.5 Å². The van der Waals surface area contributed by atoms with E-state index in [4.69, 9.17) is 0 Å². The number of H-pyrrole nitrogens is 1. The molecule has 2 aromatic rings. The molecule has 0 saturated heterocycles. The molecule has 0 saturated carbocycles. The largest absolute Gasteiger partial charge is 0.312 e. The third kappa shape index (κ3) is 2.14. The third-order valence-corrected chi connectivity index (χ3v) is 3.95. The van der Waals surface area contributed by atoms with Crippen LogP contribution in [0.15, 0.2) is 18.5 Å². The number of benzene rings is 1. The first-order valence-corrected chi connectivity index (χ1v) is 7.03. The minimum absolute atomic E-state index is 0.00467. The highest BCUT2D eigenvalue weighted by molar-refractivity contribution is 5.67. The Hall–Kier alpha value is -1.68. The zero-order valence-electron chi connectivity index (χ0n) is 12.2. The Balaban J connectivity index is 2.27. The number of hydrogen-bond acceptors (Lipinski definition) is 2. The van der Waals surface area contributed by atoms with E-state index < -0.39 is 0 Å². The summed E-state index contributed by atoms with van der Waals surface area (Å²) in [4.78, 5) is 0. The van der Waals surface area contributed by atoms with Crippen molar-refractivity contribution >= 4 is 0 Å². The maximum atomic E-state index is 14.8. The van der Waals surface area contributed by atoms with Gasteiger partial charge in [0.1, 0.15) is 5.82 Å². The van der Waals surface area contributed by atoms with Crippen LogP contribution in [-0.4, -0.2) is 16.7 Å². The molecule has 0 atom stereocenters. The molecule has 1 aliphatic rings. The minimum atomic E-state index is -0.0871. The van der Waals surface area contributed by atoms with Gasteiger partial charge in [-0.05, 0) is 41.1 Å². The average molecular weight is 273 g/mol. The molecule has 1 aromatic heterocycles. The van der Waals surface area contributed by atoms with Crippen LogP contribution in [0.5, 0.6) is 0 Å². The first kappa shape index (κ1) is 13.3. The van der Waals surface area contributed by atoms with E-state index in [1.54, 1.807) is 12.4 Å². The molecule has 4 heteroatoms. The van der Waals surface area contributed by atoms with Gasteiger partial charge in [-0.1, -0.05) is 20.8 Å². The lowest BCUT2D eigenvalue weighted by Crippen LogP contribution is -2.29. The molecule has 2 N–H and O–H groups in total. The Morgan fingerprint density at radius 2 is 2.05 bits per heavy atom. The Bertz CT molecular complexity index is 624. The van der Waals surface area contributed by atoms with Crippen LogP contribution in [0, 0.1) is 5.82 Å². The topological polar surface area (TPSA) is 40.7 Å². The summed E-state index contributed by atoms with van der Waals surface area (Å²) in [5.41, 5.74) is 4.69. The van der Waals surface area contributed by atoms with Crippen molar-refractivity contribution in [2.75, 3.05) is 6.54 Å². The summed E-state index contributed by atoms with van der Waals surface area (Å²) in [5, 5.41) is 10.1. The predicted molar refractivity (Wildman–Crippen MR) is 78.1 cm³/mol. The van der Waals surface area contributed by atoms with E-state index in [9.17, 15) is 4.39 Å². The fraction of sp³-hybridized carbons (Fsp3) is 0.438. The van der Waals surface area contributed by atoms with E-state index in [1.807, 2.05) is 6.07 Å². The van der Waals surface area contributed by atoms with Crippen LogP contribution in [0.25, 0.3) is 11.1 Å². The van der Waals surface area contributed by atoms with Crippen LogP contribution in [0.4, 0.5) is 4.39 Å². The van der Waals surface area contributed by atoms with Gasteiger partial charge in [-0.2, -0.15) is 5.10 Å². The summed E-state index contributed by atoms with van der Waals surface area (Å²) in [6, 6.07) is 1.99. The Morgan fingerprint density at radius 3 is 2.70 bits per heavy atom. The molecule has 0 unspecified atom stereocenters. The molecule has 1 aliphatic heterocycles. The monoisotopic (exact) mass is 273 g/mol. The standard InChI is InChI=1S/C16H20FN3/c1-16(2,3)14-6-12(10-7-19-20-8-10)15(17)11-4-5-18-9-13(11)14/h6-8,18H,4-5,9H2,1-3H3,(H,19,20). The predicted octanol–water partition coefficient (Wildman–Crippen LogP) is 3.16.